The predicted molar refractivity (Wildman–Crippen MR) is 53.9 cm³/mol. The molecule has 0 saturated heterocycles. The minimum absolute atomic E-state index is 0.411. The average Bonchev–Trinajstić information content (AvgIpc) is 2.21. The normalized spacial score (nSPS) is 9.71. The number of benzene rings is 1. The van der Waals surface area contributed by atoms with Crippen LogP contribution in [-0.2, 0) is 9.59 Å². The van der Waals surface area contributed by atoms with Gasteiger partial charge in [-0.1, -0.05) is 24.3 Å². The summed E-state index contributed by atoms with van der Waals surface area (Å²) in [5.41, 5.74) is 1.55. The molecule has 0 saturated carbocycles. The number of carbonyl (C=O) groups excluding carboxylic acids is 2. The summed E-state index contributed by atoms with van der Waals surface area (Å²) in [5, 5.41) is 0. The molecule has 14 heavy (non-hydrogen) atoms. The summed E-state index contributed by atoms with van der Waals surface area (Å²) in [6.07, 6.45) is 6.32. The zero-order valence-electron chi connectivity index (χ0n) is 7.51. The molecule has 0 N–H and O–H groups in total. The molecule has 0 aliphatic heterocycles. The van der Waals surface area contributed by atoms with E-state index in [4.69, 9.17) is 0 Å². The van der Waals surface area contributed by atoms with Crippen LogP contribution in [0.1, 0.15) is 12.0 Å². The molecule has 0 aromatic heterocycles. The van der Waals surface area contributed by atoms with Crippen molar-refractivity contribution in [3.63, 3.8) is 0 Å². The molecule has 0 atom stereocenters. The Labute approximate surface area is 81.8 Å². The second-order valence-electron chi connectivity index (χ2n) is 2.60. The van der Waals surface area contributed by atoms with Gasteiger partial charge in [-0.2, -0.15) is 4.99 Å². The zero-order valence-corrected chi connectivity index (χ0v) is 7.51. The van der Waals surface area contributed by atoms with E-state index in [0.29, 0.717) is 12.1 Å². The van der Waals surface area contributed by atoms with Crippen LogP contribution in [0.2, 0.25) is 0 Å². The molecule has 1 aromatic rings. The van der Waals surface area contributed by atoms with E-state index in [1.165, 1.54) is 6.08 Å². The van der Waals surface area contributed by atoms with Gasteiger partial charge in [0.15, 0.2) is 0 Å². The molecular weight excluding hydrogens is 178 g/mol. The first kappa shape index (κ1) is 10.1. The van der Waals surface area contributed by atoms with Crippen LogP contribution >= 0.6 is 0 Å². The molecule has 0 unspecified atom stereocenters. The first-order valence-electron chi connectivity index (χ1n) is 4.15. The highest BCUT2D eigenvalue weighted by Gasteiger charge is 1.88. The Kier molecular flexibility index (Phi) is 4.05. The quantitative estimate of drug-likeness (QED) is 0.412. The third-order valence-corrected chi connectivity index (χ3v) is 1.61. The van der Waals surface area contributed by atoms with Crippen molar-refractivity contribution in [2.75, 3.05) is 0 Å². The number of rotatable bonds is 4. The molecule has 0 aliphatic carbocycles. The van der Waals surface area contributed by atoms with Crippen molar-refractivity contribution in [1.82, 2.24) is 0 Å². The predicted octanol–water partition coefficient (Wildman–Crippen LogP) is 2.26. The van der Waals surface area contributed by atoms with Crippen molar-refractivity contribution >= 4 is 24.1 Å². The topological polar surface area (TPSA) is 46.5 Å². The maximum Gasteiger partial charge on any atom is 0.240 e. The van der Waals surface area contributed by atoms with Crippen LogP contribution in [0.5, 0.6) is 0 Å². The van der Waals surface area contributed by atoms with Gasteiger partial charge in [-0.05, 0) is 17.7 Å². The van der Waals surface area contributed by atoms with Gasteiger partial charge in [0.2, 0.25) is 6.08 Å². The van der Waals surface area contributed by atoms with Crippen LogP contribution in [0.3, 0.4) is 0 Å². The average molecular weight is 187 g/mol. The molecule has 0 heterocycles. The molecule has 0 bridgehead atoms. The van der Waals surface area contributed by atoms with Crippen molar-refractivity contribution < 1.29 is 9.59 Å². The minimum Gasteiger partial charge on any atom is -0.303 e. The van der Waals surface area contributed by atoms with E-state index in [1.807, 2.05) is 18.2 Å². The molecule has 3 nitrogen and oxygen atoms in total. The SMILES string of the molecule is O=C=Nc1ccc(C=CCC=O)cc1. The van der Waals surface area contributed by atoms with E-state index in [9.17, 15) is 9.59 Å². The third-order valence-electron chi connectivity index (χ3n) is 1.61. The number of isocyanates is 1. The van der Waals surface area contributed by atoms with Crippen LogP contribution in [-0.4, -0.2) is 12.4 Å². The van der Waals surface area contributed by atoms with Gasteiger partial charge in [0, 0.05) is 6.42 Å². The van der Waals surface area contributed by atoms with Crippen molar-refractivity contribution in [2.24, 2.45) is 4.99 Å². The molecule has 0 radical (unpaired) electrons. The van der Waals surface area contributed by atoms with Gasteiger partial charge in [0.05, 0.1) is 5.69 Å². The molecule has 1 rings (SSSR count). The third kappa shape index (κ3) is 3.17. The van der Waals surface area contributed by atoms with E-state index in [1.54, 1.807) is 18.2 Å². The highest BCUT2D eigenvalue weighted by atomic mass is 16.1. The lowest BCUT2D eigenvalue weighted by Gasteiger charge is -1.92. The van der Waals surface area contributed by atoms with Crippen LogP contribution in [0, 0.1) is 0 Å². The Morgan fingerprint density at radius 3 is 2.57 bits per heavy atom. The first-order valence-corrected chi connectivity index (χ1v) is 4.15. The van der Waals surface area contributed by atoms with Gasteiger partial charge in [0.1, 0.15) is 6.29 Å². The maximum absolute atomic E-state index is 10.0. The van der Waals surface area contributed by atoms with Gasteiger partial charge < -0.3 is 4.79 Å². The number of allylic oxidation sites excluding steroid dienone is 1. The highest BCUT2D eigenvalue weighted by molar-refractivity contribution is 5.59. The van der Waals surface area contributed by atoms with Crippen molar-refractivity contribution in [3.05, 3.63) is 35.9 Å². The van der Waals surface area contributed by atoms with Gasteiger partial charge in [-0.3, -0.25) is 0 Å². The van der Waals surface area contributed by atoms with Crippen molar-refractivity contribution in [1.29, 1.82) is 0 Å². The van der Waals surface area contributed by atoms with Crippen molar-refractivity contribution in [2.45, 2.75) is 6.42 Å². The van der Waals surface area contributed by atoms with E-state index >= 15 is 0 Å². The number of aldehydes is 1. The molecule has 3 heteroatoms. The Morgan fingerprint density at radius 2 is 2.00 bits per heavy atom. The fraction of sp³-hybridized carbons (Fsp3) is 0.0909. The van der Waals surface area contributed by atoms with Crippen LogP contribution < -0.4 is 0 Å². The Bertz CT molecular complexity index is 373. The Balaban J connectivity index is 2.72. The van der Waals surface area contributed by atoms with Crippen molar-refractivity contribution in [3.8, 4) is 0 Å². The molecule has 1 aromatic carbocycles. The highest BCUT2D eigenvalue weighted by Crippen LogP contribution is 2.12. The summed E-state index contributed by atoms with van der Waals surface area (Å²) in [7, 11) is 0. The number of nitrogens with zero attached hydrogens (tertiary/aromatic N) is 1. The van der Waals surface area contributed by atoms with Crippen LogP contribution in [0.25, 0.3) is 6.08 Å². The molecular formula is C11H9NO2. The number of carbonyl (C=O) groups is 1. The molecule has 0 aliphatic rings. The molecule has 70 valence electrons. The van der Waals surface area contributed by atoms with E-state index < -0.39 is 0 Å². The fourth-order valence-electron chi connectivity index (χ4n) is 0.972. The largest absolute Gasteiger partial charge is 0.303 e. The van der Waals surface area contributed by atoms with E-state index in [0.717, 1.165) is 11.8 Å². The summed E-state index contributed by atoms with van der Waals surface area (Å²) < 4.78 is 0. The number of aliphatic imine (C=N–C) groups is 1. The lowest BCUT2D eigenvalue weighted by atomic mass is 10.2. The van der Waals surface area contributed by atoms with Crippen LogP contribution in [0.4, 0.5) is 5.69 Å². The van der Waals surface area contributed by atoms with Gasteiger partial charge >= 0.3 is 0 Å². The lowest BCUT2D eigenvalue weighted by molar-refractivity contribution is -0.107. The number of hydrogen-bond donors (Lipinski definition) is 0. The van der Waals surface area contributed by atoms with E-state index in [-0.39, 0.29) is 0 Å². The van der Waals surface area contributed by atoms with E-state index in [2.05, 4.69) is 4.99 Å². The standard InChI is InChI=1S/C11H9NO2/c13-8-2-1-3-10-4-6-11(7-5-10)12-9-14/h1,3-8H,2H2. The van der Waals surface area contributed by atoms with Gasteiger partial charge in [0.25, 0.3) is 0 Å². The molecule has 0 fully saturated rings. The van der Waals surface area contributed by atoms with Gasteiger partial charge in [-0.15, -0.1) is 0 Å². The lowest BCUT2D eigenvalue weighted by Crippen LogP contribution is -1.71. The Morgan fingerprint density at radius 1 is 1.29 bits per heavy atom. The molecule has 0 spiro atoms. The summed E-state index contributed by atoms with van der Waals surface area (Å²) >= 11 is 0. The summed E-state index contributed by atoms with van der Waals surface area (Å²) in [6, 6.07) is 7.06. The second-order valence-corrected chi connectivity index (χ2v) is 2.60. The minimum atomic E-state index is 0.411. The Hall–Kier alpha value is -1.99. The maximum atomic E-state index is 10.0. The van der Waals surface area contributed by atoms with Gasteiger partial charge in [-0.25, -0.2) is 4.79 Å². The monoisotopic (exact) mass is 187 g/mol. The van der Waals surface area contributed by atoms with Crippen LogP contribution in [0.15, 0.2) is 35.3 Å². The smallest absolute Gasteiger partial charge is 0.240 e. The number of hydrogen-bond acceptors (Lipinski definition) is 3. The fourth-order valence-corrected chi connectivity index (χ4v) is 0.972. The first-order chi connectivity index (χ1) is 6.86. The second kappa shape index (κ2) is 5.62. The summed E-state index contributed by atoms with van der Waals surface area (Å²) in [4.78, 5) is 23.4. The summed E-state index contributed by atoms with van der Waals surface area (Å²) in [5.74, 6) is 0. The summed E-state index contributed by atoms with van der Waals surface area (Å²) in [6.45, 7) is 0. The zero-order chi connectivity index (χ0) is 10.2. The molecule has 0 amide bonds.